The van der Waals surface area contributed by atoms with Crippen LogP contribution in [0.15, 0.2) is 48.8 Å². The lowest BCUT2D eigenvalue weighted by Gasteiger charge is -2.14. The molecule has 1 aromatic carbocycles. The highest BCUT2D eigenvalue weighted by molar-refractivity contribution is 6.31. The number of nitrogens with zero attached hydrogens (tertiary/aromatic N) is 1. The van der Waals surface area contributed by atoms with E-state index in [0.29, 0.717) is 18.2 Å². The van der Waals surface area contributed by atoms with Crippen molar-refractivity contribution in [2.24, 2.45) is 0 Å². The second kappa shape index (κ2) is 7.19. The van der Waals surface area contributed by atoms with E-state index in [9.17, 15) is 5.11 Å². The van der Waals surface area contributed by atoms with Gasteiger partial charge in [0.15, 0.2) is 0 Å². The van der Waals surface area contributed by atoms with Gasteiger partial charge in [-0.1, -0.05) is 29.8 Å². The lowest BCUT2D eigenvalue weighted by atomic mass is 10.2. The van der Waals surface area contributed by atoms with Crippen molar-refractivity contribution in [2.75, 3.05) is 18.6 Å². The Kier molecular flexibility index (Phi) is 5.27. The summed E-state index contributed by atoms with van der Waals surface area (Å²) in [5.74, 6) is 0. The van der Waals surface area contributed by atoms with Gasteiger partial charge >= 0.3 is 0 Å². The van der Waals surface area contributed by atoms with Gasteiger partial charge in [-0.25, -0.2) is 0 Å². The molecule has 0 aliphatic heterocycles. The Morgan fingerprint density at radius 2 is 1.95 bits per heavy atom. The molecule has 0 aliphatic carbocycles. The third kappa shape index (κ3) is 4.59. The van der Waals surface area contributed by atoms with Crippen molar-refractivity contribution in [2.45, 2.75) is 12.7 Å². The molecule has 0 fully saturated rings. The van der Waals surface area contributed by atoms with Crippen LogP contribution in [0, 0.1) is 0 Å². The maximum Gasteiger partial charge on any atom is 0.0961 e. The predicted octanol–water partition coefficient (Wildman–Crippen LogP) is 2.26. The highest BCUT2D eigenvalue weighted by atomic mass is 35.5. The quantitative estimate of drug-likeness (QED) is 0.818. The van der Waals surface area contributed by atoms with E-state index in [1.807, 2.05) is 48.8 Å². The fraction of sp³-hybridized carbons (Fsp3) is 0.286. The molecule has 1 aromatic heterocycles. The van der Waals surface area contributed by atoms with Gasteiger partial charge in [-0.15, -0.1) is 0 Å². The Labute approximate surface area is 117 Å². The fourth-order valence-corrected chi connectivity index (χ4v) is 1.82. The number of rotatable bonds is 7. The number of aliphatic hydroxyl groups excluding tert-OH is 1. The molecule has 0 aliphatic rings. The van der Waals surface area contributed by atoms with Crippen molar-refractivity contribution >= 4 is 11.6 Å². The largest absolute Gasteiger partial charge is 0.389 e. The van der Waals surface area contributed by atoms with Crippen LogP contribution in [-0.2, 0) is 11.3 Å². The van der Waals surface area contributed by atoms with Gasteiger partial charge in [0.2, 0.25) is 0 Å². The number of nitrogens with one attached hydrogen (secondary N) is 1. The zero-order valence-electron chi connectivity index (χ0n) is 10.5. The van der Waals surface area contributed by atoms with E-state index >= 15 is 0 Å². The minimum Gasteiger partial charge on any atom is -0.389 e. The molecule has 102 valence electrons. The van der Waals surface area contributed by atoms with Gasteiger partial charge in [0.1, 0.15) is 0 Å². The second-order valence-corrected chi connectivity index (χ2v) is 4.62. The van der Waals surface area contributed by atoms with Crippen LogP contribution in [0.4, 0.5) is 0 Å². The first-order valence-corrected chi connectivity index (χ1v) is 6.49. The van der Waals surface area contributed by atoms with Crippen LogP contribution in [0.2, 0.25) is 5.02 Å². The molecule has 1 atom stereocenters. The molecule has 0 saturated carbocycles. The van der Waals surface area contributed by atoms with Crippen molar-refractivity contribution in [1.29, 1.82) is 0 Å². The summed E-state index contributed by atoms with van der Waals surface area (Å²) in [6.07, 6.45) is 3.18. The van der Waals surface area contributed by atoms with E-state index in [1.165, 1.54) is 0 Å². The topological polar surface area (TPSA) is 46.4 Å². The summed E-state index contributed by atoms with van der Waals surface area (Å²) in [7, 11) is 0. The van der Waals surface area contributed by atoms with E-state index < -0.39 is 6.10 Å². The van der Waals surface area contributed by atoms with Gasteiger partial charge in [0.25, 0.3) is 0 Å². The molecule has 2 rings (SSSR count). The normalized spacial score (nSPS) is 12.3. The third-order valence-electron chi connectivity index (χ3n) is 2.64. The van der Waals surface area contributed by atoms with Crippen LogP contribution in [0.1, 0.15) is 5.56 Å². The Balaban J connectivity index is 1.66. The Morgan fingerprint density at radius 1 is 1.21 bits per heavy atom. The van der Waals surface area contributed by atoms with Crippen molar-refractivity contribution in [3.05, 3.63) is 59.4 Å². The summed E-state index contributed by atoms with van der Waals surface area (Å²) < 4.78 is 7.24. The molecule has 19 heavy (non-hydrogen) atoms. The lowest BCUT2D eigenvalue weighted by molar-refractivity contribution is 0.0337. The van der Waals surface area contributed by atoms with Crippen LogP contribution in [0.3, 0.4) is 0 Å². The predicted molar refractivity (Wildman–Crippen MR) is 75.8 cm³/mol. The number of halogens is 1. The average Bonchev–Trinajstić information content (AvgIpc) is 2.92. The Morgan fingerprint density at radius 3 is 2.68 bits per heavy atom. The van der Waals surface area contributed by atoms with Crippen LogP contribution in [-0.4, -0.2) is 29.0 Å². The highest BCUT2D eigenvalue weighted by Crippen LogP contribution is 2.15. The zero-order valence-corrected chi connectivity index (χ0v) is 11.3. The monoisotopic (exact) mass is 280 g/mol. The number of aromatic nitrogens is 1. The first-order valence-electron chi connectivity index (χ1n) is 6.12. The van der Waals surface area contributed by atoms with E-state index in [-0.39, 0.29) is 6.61 Å². The maximum atomic E-state index is 9.76. The second-order valence-electron chi connectivity index (χ2n) is 4.21. The van der Waals surface area contributed by atoms with Gasteiger partial charge < -0.3 is 15.3 Å². The highest BCUT2D eigenvalue weighted by Gasteiger charge is 2.05. The molecule has 0 bridgehead atoms. The summed E-state index contributed by atoms with van der Waals surface area (Å²) in [4.78, 5) is 0. The molecule has 0 amide bonds. The number of aliphatic hydroxyl groups is 1. The van der Waals surface area contributed by atoms with E-state index in [2.05, 4.69) is 5.43 Å². The number of benzene rings is 1. The maximum absolute atomic E-state index is 9.76. The standard InChI is InChI=1S/C14H17ClN2O2/c15-14-6-2-1-5-12(14)10-19-11-13(18)9-16-17-7-3-4-8-17/h1-8,13,16,18H,9-11H2. The molecule has 0 saturated heterocycles. The number of hydrogen-bond acceptors (Lipinski definition) is 3. The molecule has 2 N–H and O–H groups in total. The number of ether oxygens (including phenoxy) is 1. The van der Waals surface area contributed by atoms with Gasteiger partial charge in [-0.3, -0.25) is 4.68 Å². The molecule has 4 nitrogen and oxygen atoms in total. The zero-order chi connectivity index (χ0) is 13.5. The SMILES string of the molecule is OC(CNn1cccc1)COCc1ccccc1Cl. The van der Waals surface area contributed by atoms with Gasteiger partial charge in [0.05, 0.1) is 25.9 Å². The molecule has 1 unspecified atom stereocenters. The van der Waals surface area contributed by atoms with Crippen molar-refractivity contribution in [1.82, 2.24) is 4.68 Å². The number of hydrogen-bond donors (Lipinski definition) is 2. The van der Waals surface area contributed by atoms with Crippen LogP contribution < -0.4 is 5.43 Å². The molecule has 2 aromatic rings. The molecular formula is C14H17ClN2O2. The first kappa shape index (κ1) is 13.9. The van der Waals surface area contributed by atoms with Crippen LogP contribution in [0.5, 0.6) is 0 Å². The summed E-state index contributed by atoms with van der Waals surface area (Å²) in [6.45, 7) is 1.09. The molecule has 0 radical (unpaired) electrons. The van der Waals surface area contributed by atoms with Crippen molar-refractivity contribution in [3.8, 4) is 0 Å². The van der Waals surface area contributed by atoms with Gasteiger partial charge in [-0.05, 0) is 23.8 Å². The van der Waals surface area contributed by atoms with Gasteiger partial charge in [0, 0.05) is 17.4 Å². The smallest absolute Gasteiger partial charge is 0.0961 e. The Bertz CT molecular complexity index is 488. The Hall–Kier alpha value is -1.49. The summed E-state index contributed by atoms with van der Waals surface area (Å²) in [5.41, 5.74) is 3.97. The molecule has 5 heteroatoms. The first-order chi connectivity index (χ1) is 9.25. The summed E-state index contributed by atoms with van der Waals surface area (Å²) in [5, 5.41) is 10.4. The third-order valence-corrected chi connectivity index (χ3v) is 3.01. The van der Waals surface area contributed by atoms with Crippen molar-refractivity contribution in [3.63, 3.8) is 0 Å². The summed E-state index contributed by atoms with van der Waals surface area (Å²) >= 11 is 6.01. The minimum atomic E-state index is -0.565. The van der Waals surface area contributed by atoms with Crippen LogP contribution in [0.25, 0.3) is 0 Å². The minimum absolute atomic E-state index is 0.263. The van der Waals surface area contributed by atoms with E-state index in [4.69, 9.17) is 16.3 Å². The molecule has 0 spiro atoms. The summed E-state index contributed by atoms with van der Waals surface area (Å²) in [6, 6.07) is 11.3. The van der Waals surface area contributed by atoms with Gasteiger partial charge in [-0.2, -0.15) is 0 Å². The molecule has 1 heterocycles. The fourth-order valence-electron chi connectivity index (χ4n) is 1.63. The lowest BCUT2D eigenvalue weighted by Crippen LogP contribution is -2.28. The van der Waals surface area contributed by atoms with Crippen molar-refractivity contribution < 1.29 is 9.84 Å². The van der Waals surface area contributed by atoms with E-state index in [0.717, 1.165) is 5.56 Å². The van der Waals surface area contributed by atoms with Crippen LogP contribution >= 0.6 is 11.6 Å². The molecular weight excluding hydrogens is 264 g/mol. The van der Waals surface area contributed by atoms with E-state index in [1.54, 1.807) is 4.68 Å². The average molecular weight is 281 g/mol.